The summed E-state index contributed by atoms with van der Waals surface area (Å²) in [5.74, 6) is 0. The third kappa shape index (κ3) is 13.4. The van der Waals surface area contributed by atoms with E-state index in [2.05, 4.69) is 45.2 Å². The zero-order valence-electron chi connectivity index (χ0n) is 8.27. The van der Waals surface area contributed by atoms with Gasteiger partial charge in [-0.15, -0.1) is 0 Å². The average molecular weight is 409 g/mol. The number of unbranched alkanes of at least 4 members (excludes halogenated alkanes) is 6. The fourth-order valence-corrected chi connectivity index (χ4v) is 2.21. The van der Waals surface area contributed by atoms with E-state index in [9.17, 15) is 0 Å². The van der Waals surface area contributed by atoms with E-state index in [-0.39, 0.29) is 0 Å². The Balaban J connectivity index is 2.84. The van der Waals surface area contributed by atoms with Gasteiger partial charge in [0.15, 0.2) is 0 Å². The Morgan fingerprint density at radius 3 is 1.69 bits per heavy atom. The molecule has 3 heteroatoms. The van der Waals surface area contributed by atoms with Crippen LogP contribution in [0.3, 0.4) is 0 Å². The molecule has 1 nitrogen and oxygen atoms in total. The van der Waals surface area contributed by atoms with Crippen molar-refractivity contribution in [1.29, 1.82) is 0 Å². The van der Waals surface area contributed by atoms with Crippen molar-refractivity contribution in [3.63, 3.8) is 0 Å². The van der Waals surface area contributed by atoms with Crippen molar-refractivity contribution in [1.82, 2.24) is 0 Å². The molecule has 0 aromatic carbocycles. The molecule has 2 N–H and O–H groups in total. The summed E-state index contributed by atoms with van der Waals surface area (Å²) in [4.78, 5) is 0. The van der Waals surface area contributed by atoms with Gasteiger partial charge in [0.05, 0.1) is 1.93 Å². The number of rotatable bonds is 9. The smallest absolute Gasteiger partial charge is 0.0626 e. The molecule has 0 atom stereocenters. The first-order chi connectivity index (χ1) is 6.27. The van der Waals surface area contributed by atoms with Crippen LogP contribution in [0.25, 0.3) is 0 Å². The molecule has 0 rings (SSSR count). The highest BCUT2D eigenvalue weighted by Crippen LogP contribution is 2.18. The van der Waals surface area contributed by atoms with Crippen LogP contribution in [0, 0.1) is 0 Å². The van der Waals surface area contributed by atoms with E-state index in [1.165, 1.54) is 51.4 Å². The zero-order chi connectivity index (χ0) is 9.94. The van der Waals surface area contributed by atoms with Crippen LogP contribution < -0.4 is 5.73 Å². The minimum absolute atomic E-state index is 0.826. The molecule has 0 bridgehead atoms. The minimum atomic E-state index is 0.826. The molecular weight excluding hydrogens is 388 g/mol. The molecule has 0 aliphatic carbocycles. The van der Waals surface area contributed by atoms with E-state index in [4.69, 9.17) is 5.73 Å². The lowest BCUT2D eigenvalue weighted by atomic mass is 10.1. The molecule has 0 aromatic heterocycles. The summed E-state index contributed by atoms with van der Waals surface area (Å²) >= 11 is 4.99. The van der Waals surface area contributed by atoms with Gasteiger partial charge in [-0.25, -0.2) is 0 Å². The molecule has 0 saturated heterocycles. The molecule has 0 aliphatic heterocycles. The highest BCUT2D eigenvalue weighted by Gasteiger charge is 1.96. The predicted octanol–water partition coefficient (Wildman–Crippen LogP) is 4.26. The molecule has 0 heterocycles. The maximum absolute atomic E-state index is 5.42. The van der Waals surface area contributed by atoms with E-state index in [0.29, 0.717) is 0 Å². The van der Waals surface area contributed by atoms with Crippen LogP contribution in [0.15, 0.2) is 0 Å². The van der Waals surface area contributed by atoms with Gasteiger partial charge in [0.1, 0.15) is 0 Å². The van der Waals surface area contributed by atoms with Crippen LogP contribution in [0.2, 0.25) is 0 Å². The average Bonchev–Trinajstić information content (AvgIpc) is 2.09. The Labute approximate surface area is 110 Å². The summed E-state index contributed by atoms with van der Waals surface area (Å²) in [6.07, 6.45) is 11.0. The molecular formula is C10H21I2N. The summed E-state index contributed by atoms with van der Waals surface area (Å²) in [5, 5.41) is 0. The Bertz CT molecular complexity index is 96.9. The quantitative estimate of drug-likeness (QED) is 0.344. The van der Waals surface area contributed by atoms with Gasteiger partial charge in [-0.2, -0.15) is 0 Å². The van der Waals surface area contributed by atoms with Gasteiger partial charge in [-0.1, -0.05) is 83.7 Å². The van der Waals surface area contributed by atoms with Crippen molar-refractivity contribution < 1.29 is 0 Å². The second-order valence-corrected chi connectivity index (χ2v) is 8.83. The van der Waals surface area contributed by atoms with Crippen molar-refractivity contribution in [2.24, 2.45) is 5.73 Å². The van der Waals surface area contributed by atoms with Crippen molar-refractivity contribution in [3.05, 3.63) is 0 Å². The third-order valence-electron chi connectivity index (χ3n) is 2.13. The van der Waals surface area contributed by atoms with Crippen molar-refractivity contribution in [2.75, 3.05) is 6.54 Å². The lowest BCUT2D eigenvalue weighted by Gasteiger charge is -2.02. The largest absolute Gasteiger partial charge is 0.330 e. The number of nitrogens with two attached hydrogens (primary N) is 1. The molecule has 0 aliphatic rings. The van der Waals surface area contributed by atoms with Crippen LogP contribution in [-0.2, 0) is 0 Å². The normalized spacial score (nSPS) is 11.1. The topological polar surface area (TPSA) is 26.0 Å². The summed E-state index contributed by atoms with van der Waals surface area (Å²) in [7, 11) is 0. The van der Waals surface area contributed by atoms with Crippen LogP contribution in [0.5, 0.6) is 0 Å². The molecule has 80 valence electrons. The van der Waals surface area contributed by atoms with Gasteiger partial charge in [0, 0.05) is 0 Å². The summed E-state index contributed by atoms with van der Waals surface area (Å²) in [6, 6.07) is 0. The van der Waals surface area contributed by atoms with Crippen LogP contribution in [0.1, 0.15) is 51.4 Å². The van der Waals surface area contributed by atoms with Crippen molar-refractivity contribution in [3.8, 4) is 0 Å². The van der Waals surface area contributed by atoms with Gasteiger partial charge >= 0.3 is 0 Å². The Hall–Kier alpha value is 1.42. The number of hydrogen-bond acceptors (Lipinski definition) is 1. The second kappa shape index (κ2) is 11.5. The lowest BCUT2D eigenvalue weighted by Crippen LogP contribution is -1.97. The monoisotopic (exact) mass is 409 g/mol. The number of hydrogen-bond donors (Lipinski definition) is 1. The van der Waals surface area contributed by atoms with Crippen LogP contribution >= 0.6 is 45.2 Å². The number of alkyl halides is 2. The maximum atomic E-state index is 5.42. The van der Waals surface area contributed by atoms with Gasteiger partial charge in [0.25, 0.3) is 0 Å². The first-order valence-electron chi connectivity index (χ1n) is 5.25. The molecule has 13 heavy (non-hydrogen) atoms. The standard InChI is InChI=1S/C10H21I2N/c11-10(12)8-6-4-2-1-3-5-7-9-13/h10H,1-9,13H2. The van der Waals surface area contributed by atoms with Crippen LogP contribution in [0.4, 0.5) is 0 Å². The molecule has 0 fully saturated rings. The van der Waals surface area contributed by atoms with Gasteiger partial charge in [0.2, 0.25) is 0 Å². The van der Waals surface area contributed by atoms with E-state index >= 15 is 0 Å². The van der Waals surface area contributed by atoms with E-state index < -0.39 is 0 Å². The zero-order valence-corrected chi connectivity index (χ0v) is 12.6. The molecule has 0 unspecified atom stereocenters. The fourth-order valence-electron chi connectivity index (χ4n) is 1.33. The predicted molar refractivity (Wildman–Crippen MR) is 77.8 cm³/mol. The van der Waals surface area contributed by atoms with Crippen molar-refractivity contribution >= 4 is 45.2 Å². The Morgan fingerprint density at radius 2 is 1.23 bits per heavy atom. The summed E-state index contributed by atoms with van der Waals surface area (Å²) in [6.45, 7) is 0.866. The highest BCUT2D eigenvalue weighted by atomic mass is 127. The van der Waals surface area contributed by atoms with E-state index in [1.54, 1.807) is 0 Å². The molecule has 0 aromatic rings. The highest BCUT2D eigenvalue weighted by molar-refractivity contribution is 14.2. The molecule has 0 saturated carbocycles. The molecule has 0 radical (unpaired) electrons. The summed E-state index contributed by atoms with van der Waals surface area (Å²) < 4.78 is 0.826. The van der Waals surface area contributed by atoms with Crippen molar-refractivity contribution in [2.45, 2.75) is 53.3 Å². The van der Waals surface area contributed by atoms with Gasteiger partial charge < -0.3 is 5.73 Å². The summed E-state index contributed by atoms with van der Waals surface area (Å²) in [5.41, 5.74) is 5.42. The van der Waals surface area contributed by atoms with E-state index in [1.807, 2.05) is 0 Å². The number of halogens is 2. The molecule has 0 spiro atoms. The SMILES string of the molecule is NCCCCCCCCCC(I)I. The maximum Gasteiger partial charge on any atom is 0.0626 e. The van der Waals surface area contributed by atoms with Gasteiger partial charge in [-0.05, 0) is 19.4 Å². The van der Waals surface area contributed by atoms with Crippen LogP contribution in [-0.4, -0.2) is 8.48 Å². The van der Waals surface area contributed by atoms with E-state index in [0.717, 1.165) is 8.48 Å². The minimum Gasteiger partial charge on any atom is -0.330 e. The van der Waals surface area contributed by atoms with Gasteiger partial charge in [-0.3, -0.25) is 0 Å². The second-order valence-electron chi connectivity index (χ2n) is 3.44. The molecule has 0 amide bonds. The third-order valence-corrected chi connectivity index (χ3v) is 3.37. The lowest BCUT2D eigenvalue weighted by molar-refractivity contribution is 0.579. The fraction of sp³-hybridized carbons (Fsp3) is 1.00. The first kappa shape index (κ1) is 14.4. The first-order valence-corrected chi connectivity index (χ1v) is 7.74. The Morgan fingerprint density at radius 1 is 0.769 bits per heavy atom. The Kier molecular flexibility index (Phi) is 12.8.